The molecule has 0 bridgehead atoms. The van der Waals surface area contributed by atoms with Crippen molar-refractivity contribution < 1.29 is 14.7 Å². The van der Waals surface area contributed by atoms with Crippen LogP contribution >= 0.6 is 0 Å². The molecule has 2 rings (SSSR count). The van der Waals surface area contributed by atoms with Gasteiger partial charge >= 0.3 is 5.97 Å². The second-order valence-electron chi connectivity index (χ2n) is 6.52. The van der Waals surface area contributed by atoms with Gasteiger partial charge in [0.05, 0.1) is 0 Å². The van der Waals surface area contributed by atoms with Crippen molar-refractivity contribution in [1.29, 1.82) is 0 Å². The number of aryl methyl sites for hydroxylation is 1. The minimum Gasteiger partial charge on any atom is -0.481 e. The number of nitrogens with one attached hydrogen (secondary N) is 1. The number of benzene rings is 1. The largest absolute Gasteiger partial charge is 0.481 e. The smallest absolute Gasteiger partial charge is 0.315 e. The van der Waals surface area contributed by atoms with E-state index in [1.165, 1.54) is 0 Å². The van der Waals surface area contributed by atoms with Gasteiger partial charge in [0, 0.05) is 19.3 Å². The van der Waals surface area contributed by atoms with Crippen LogP contribution in [0.1, 0.15) is 54.9 Å². The summed E-state index contributed by atoms with van der Waals surface area (Å²) in [6, 6.07) is 10.8. The Morgan fingerprint density at radius 3 is 2.40 bits per heavy atom. The molecule has 0 fully saturated rings. The highest BCUT2D eigenvalue weighted by atomic mass is 16.4. The third-order valence-electron chi connectivity index (χ3n) is 4.63. The van der Waals surface area contributed by atoms with E-state index in [0.29, 0.717) is 17.7 Å². The third-order valence-corrected chi connectivity index (χ3v) is 4.63. The van der Waals surface area contributed by atoms with Crippen LogP contribution in [0.2, 0.25) is 0 Å². The summed E-state index contributed by atoms with van der Waals surface area (Å²) in [6.45, 7) is 5.88. The molecule has 0 saturated carbocycles. The minimum atomic E-state index is -1.16. The summed E-state index contributed by atoms with van der Waals surface area (Å²) in [7, 11) is 1.80. The Morgan fingerprint density at radius 2 is 1.92 bits per heavy atom. The molecule has 0 saturated heterocycles. The second-order valence-corrected chi connectivity index (χ2v) is 6.52. The number of carbonyl (C=O) groups is 2. The molecule has 1 aromatic heterocycles. The maximum Gasteiger partial charge on any atom is 0.315 e. The summed E-state index contributed by atoms with van der Waals surface area (Å²) < 4.78 is 1.68. The Bertz CT molecular complexity index is 753. The SMILES string of the molecule is CCC(CNC(=O)c1cc(C(C)C)n(C)n1)(C(=O)O)c1ccccc1. The Labute approximate surface area is 147 Å². The molecule has 0 aliphatic carbocycles. The lowest BCUT2D eigenvalue weighted by atomic mass is 9.78. The van der Waals surface area contributed by atoms with E-state index < -0.39 is 11.4 Å². The predicted octanol–water partition coefficient (Wildman–Crippen LogP) is 2.71. The van der Waals surface area contributed by atoms with Crippen molar-refractivity contribution >= 4 is 11.9 Å². The quantitative estimate of drug-likeness (QED) is 0.809. The van der Waals surface area contributed by atoms with Crippen molar-refractivity contribution in [3.63, 3.8) is 0 Å². The Balaban J connectivity index is 2.22. The molecule has 2 aromatic rings. The molecule has 0 spiro atoms. The molecular weight excluding hydrogens is 318 g/mol. The van der Waals surface area contributed by atoms with Crippen LogP contribution in [0.4, 0.5) is 0 Å². The zero-order chi connectivity index (χ0) is 18.6. The van der Waals surface area contributed by atoms with Gasteiger partial charge in [-0.1, -0.05) is 51.1 Å². The summed E-state index contributed by atoms with van der Waals surface area (Å²) in [5, 5.41) is 16.8. The van der Waals surface area contributed by atoms with Gasteiger partial charge in [-0.05, 0) is 24.0 Å². The molecule has 1 aromatic carbocycles. The fourth-order valence-electron chi connectivity index (χ4n) is 2.99. The molecule has 25 heavy (non-hydrogen) atoms. The fraction of sp³-hybridized carbons (Fsp3) is 0.421. The first-order valence-corrected chi connectivity index (χ1v) is 8.43. The molecule has 1 amide bonds. The summed E-state index contributed by atoms with van der Waals surface area (Å²) in [5.41, 5.74) is 0.768. The van der Waals surface area contributed by atoms with E-state index in [9.17, 15) is 14.7 Å². The maximum absolute atomic E-state index is 12.5. The lowest BCUT2D eigenvalue weighted by molar-refractivity contribution is -0.143. The molecule has 1 unspecified atom stereocenters. The lowest BCUT2D eigenvalue weighted by Crippen LogP contribution is -2.46. The Hall–Kier alpha value is -2.63. The summed E-state index contributed by atoms with van der Waals surface area (Å²) in [6.07, 6.45) is 0.367. The number of aromatic nitrogens is 2. The van der Waals surface area contributed by atoms with Gasteiger partial charge in [0.2, 0.25) is 0 Å². The number of carboxylic acids is 1. The Morgan fingerprint density at radius 1 is 1.28 bits per heavy atom. The number of carbonyl (C=O) groups excluding carboxylic acids is 1. The molecule has 2 N–H and O–H groups in total. The van der Waals surface area contributed by atoms with Gasteiger partial charge in [0.15, 0.2) is 0 Å². The number of amides is 1. The highest BCUT2D eigenvalue weighted by Gasteiger charge is 2.39. The normalized spacial score (nSPS) is 13.5. The van der Waals surface area contributed by atoms with Crippen molar-refractivity contribution in [1.82, 2.24) is 15.1 Å². The summed E-state index contributed by atoms with van der Waals surface area (Å²) in [4.78, 5) is 24.4. The van der Waals surface area contributed by atoms with E-state index in [2.05, 4.69) is 10.4 Å². The van der Waals surface area contributed by atoms with Gasteiger partial charge in [0.1, 0.15) is 11.1 Å². The first-order valence-electron chi connectivity index (χ1n) is 8.43. The van der Waals surface area contributed by atoms with Crippen molar-refractivity contribution in [2.45, 2.75) is 38.5 Å². The number of nitrogens with zero attached hydrogens (tertiary/aromatic N) is 2. The standard InChI is InChI=1S/C19H25N3O3/c1-5-19(18(24)25,14-9-7-6-8-10-14)12-20-17(23)15-11-16(13(2)3)22(4)21-15/h6-11,13H,5,12H2,1-4H3,(H,20,23)(H,24,25). The van der Waals surface area contributed by atoms with Crippen LogP contribution in [-0.4, -0.2) is 33.3 Å². The van der Waals surface area contributed by atoms with E-state index >= 15 is 0 Å². The van der Waals surface area contributed by atoms with Gasteiger partial charge in [-0.25, -0.2) is 0 Å². The molecule has 134 valence electrons. The number of carboxylic acid groups (broad SMARTS) is 1. The van der Waals surface area contributed by atoms with E-state index in [1.807, 2.05) is 26.8 Å². The monoisotopic (exact) mass is 343 g/mol. The molecule has 0 aliphatic rings. The average Bonchev–Trinajstić information content (AvgIpc) is 2.98. The van der Waals surface area contributed by atoms with Crippen LogP contribution < -0.4 is 5.32 Å². The fourth-order valence-corrected chi connectivity index (χ4v) is 2.99. The van der Waals surface area contributed by atoms with E-state index in [-0.39, 0.29) is 18.4 Å². The van der Waals surface area contributed by atoms with E-state index in [1.54, 1.807) is 42.1 Å². The molecule has 0 radical (unpaired) electrons. The van der Waals surface area contributed by atoms with E-state index in [0.717, 1.165) is 5.69 Å². The maximum atomic E-state index is 12.5. The Kier molecular flexibility index (Phi) is 5.62. The number of hydrogen-bond acceptors (Lipinski definition) is 3. The van der Waals surface area contributed by atoms with Crippen LogP contribution in [0.3, 0.4) is 0 Å². The highest BCUT2D eigenvalue weighted by molar-refractivity contribution is 5.93. The molecular formula is C19H25N3O3. The van der Waals surface area contributed by atoms with Crippen LogP contribution in [0.5, 0.6) is 0 Å². The third kappa shape index (κ3) is 3.73. The van der Waals surface area contributed by atoms with Crippen LogP contribution in [0.15, 0.2) is 36.4 Å². The number of hydrogen-bond donors (Lipinski definition) is 2. The van der Waals surface area contributed by atoms with Crippen molar-refractivity contribution in [3.05, 3.63) is 53.3 Å². The van der Waals surface area contributed by atoms with Crippen molar-refractivity contribution in [2.75, 3.05) is 6.54 Å². The topological polar surface area (TPSA) is 84.2 Å². The van der Waals surface area contributed by atoms with Crippen LogP contribution in [-0.2, 0) is 17.3 Å². The van der Waals surface area contributed by atoms with Crippen LogP contribution in [0.25, 0.3) is 0 Å². The van der Waals surface area contributed by atoms with Gasteiger partial charge < -0.3 is 10.4 Å². The minimum absolute atomic E-state index is 0.00919. The molecule has 0 aliphatic heterocycles. The lowest BCUT2D eigenvalue weighted by Gasteiger charge is -2.28. The zero-order valence-electron chi connectivity index (χ0n) is 15.1. The van der Waals surface area contributed by atoms with Gasteiger partial charge in [-0.3, -0.25) is 14.3 Å². The van der Waals surface area contributed by atoms with Crippen molar-refractivity contribution in [2.24, 2.45) is 7.05 Å². The number of rotatable bonds is 7. The average molecular weight is 343 g/mol. The van der Waals surface area contributed by atoms with Gasteiger partial charge in [0.25, 0.3) is 5.91 Å². The molecule has 6 nitrogen and oxygen atoms in total. The van der Waals surface area contributed by atoms with Crippen molar-refractivity contribution in [3.8, 4) is 0 Å². The predicted molar refractivity (Wildman–Crippen MR) is 95.7 cm³/mol. The highest BCUT2D eigenvalue weighted by Crippen LogP contribution is 2.28. The first-order chi connectivity index (χ1) is 11.8. The number of aliphatic carboxylic acids is 1. The second kappa shape index (κ2) is 7.51. The first kappa shape index (κ1) is 18.7. The van der Waals surface area contributed by atoms with Crippen LogP contribution in [0, 0.1) is 0 Å². The molecule has 1 atom stereocenters. The van der Waals surface area contributed by atoms with E-state index in [4.69, 9.17) is 0 Å². The zero-order valence-corrected chi connectivity index (χ0v) is 15.1. The summed E-state index contributed by atoms with van der Waals surface area (Å²) >= 11 is 0. The summed E-state index contributed by atoms with van der Waals surface area (Å²) in [5.74, 6) is -1.07. The van der Waals surface area contributed by atoms with Gasteiger partial charge in [-0.15, -0.1) is 0 Å². The molecule has 6 heteroatoms. The van der Waals surface area contributed by atoms with Gasteiger partial charge in [-0.2, -0.15) is 5.10 Å². The molecule has 1 heterocycles.